The molecule has 3 nitrogen and oxygen atoms in total. The van der Waals surface area contributed by atoms with Gasteiger partial charge in [0.2, 0.25) is 0 Å². The average Bonchev–Trinajstić information content (AvgIpc) is 2.26. The van der Waals surface area contributed by atoms with Crippen LogP contribution in [0.25, 0.3) is 0 Å². The molecule has 15 heavy (non-hydrogen) atoms. The summed E-state index contributed by atoms with van der Waals surface area (Å²) in [5.41, 5.74) is 0.599. The van der Waals surface area contributed by atoms with Gasteiger partial charge in [0.15, 0.2) is 0 Å². The van der Waals surface area contributed by atoms with Crippen LogP contribution in [0.5, 0.6) is 0 Å². The van der Waals surface area contributed by atoms with E-state index < -0.39 is 12.1 Å². The van der Waals surface area contributed by atoms with Crippen LogP contribution in [0.1, 0.15) is 11.7 Å². The highest BCUT2D eigenvalue weighted by atomic mass is 32.2. The van der Waals surface area contributed by atoms with Crippen molar-refractivity contribution in [1.82, 2.24) is 0 Å². The Labute approximate surface area is 92.1 Å². The van der Waals surface area contributed by atoms with Gasteiger partial charge >= 0.3 is 5.97 Å². The Kier molecular flexibility index (Phi) is 4.22. The Morgan fingerprint density at radius 2 is 2.00 bits per heavy atom. The number of aliphatic carboxylic acids is 1. The molecule has 78 valence electrons. The maximum Gasteiger partial charge on any atom is 0.382 e. The molecule has 1 aromatic carbocycles. The quantitative estimate of drug-likeness (QED) is 0.588. The van der Waals surface area contributed by atoms with Crippen LogP contribution in [0.3, 0.4) is 0 Å². The van der Waals surface area contributed by atoms with Crippen molar-refractivity contribution in [2.75, 3.05) is 6.26 Å². The predicted octanol–water partition coefficient (Wildman–Crippen LogP) is 1.53. The topological polar surface area (TPSA) is 57.5 Å². The van der Waals surface area contributed by atoms with E-state index in [1.165, 1.54) is 0 Å². The molecule has 0 radical (unpaired) electrons. The largest absolute Gasteiger partial charge is 0.472 e. The molecule has 0 aliphatic rings. The van der Waals surface area contributed by atoms with Crippen molar-refractivity contribution in [2.24, 2.45) is 0 Å². The van der Waals surface area contributed by atoms with Gasteiger partial charge in [-0.2, -0.15) is 0 Å². The van der Waals surface area contributed by atoms with Gasteiger partial charge in [0.05, 0.1) is 0 Å². The summed E-state index contributed by atoms with van der Waals surface area (Å²) in [6, 6.07) is 7.16. The summed E-state index contributed by atoms with van der Waals surface area (Å²) in [6.07, 6.45) is 0.910. The second-order valence-electron chi connectivity index (χ2n) is 2.75. The van der Waals surface area contributed by atoms with Gasteiger partial charge in [0, 0.05) is 10.8 Å². The van der Waals surface area contributed by atoms with Gasteiger partial charge in [-0.05, 0) is 24.0 Å². The van der Waals surface area contributed by atoms with E-state index in [1.807, 2.05) is 24.3 Å². The van der Waals surface area contributed by atoms with Gasteiger partial charge in [0.25, 0.3) is 0 Å². The number of aliphatic hydroxyl groups excluding tert-OH is 1. The summed E-state index contributed by atoms with van der Waals surface area (Å²) in [7, 11) is 0. The molecule has 4 heteroatoms. The van der Waals surface area contributed by atoms with E-state index in [4.69, 9.17) is 5.11 Å². The standard InChI is InChI=1S/C11H10O3S/c1-15-9-4-2-8(3-5-9)10(12)6-7-11(13)14/h2-5,10,12H,1H3,(H,13,14). The highest BCUT2D eigenvalue weighted by molar-refractivity contribution is 7.98. The molecule has 0 aromatic heterocycles. The van der Waals surface area contributed by atoms with Crippen LogP contribution in [-0.4, -0.2) is 22.4 Å². The van der Waals surface area contributed by atoms with E-state index in [2.05, 4.69) is 5.92 Å². The lowest BCUT2D eigenvalue weighted by Crippen LogP contribution is -1.95. The number of rotatable bonds is 2. The number of hydrogen-bond acceptors (Lipinski definition) is 3. The van der Waals surface area contributed by atoms with Crippen LogP contribution < -0.4 is 0 Å². The summed E-state index contributed by atoms with van der Waals surface area (Å²) in [6.45, 7) is 0. The fraction of sp³-hybridized carbons (Fsp3) is 0.182. The van der Waals surface area contributed by atoms with Crippen LogP contribution in [-0.2, 0) is 4.79 Å². The molecule has 1 unspecified atom stereocenters. The Morgan fingerprint density at radius 3 is 2.47 bits per heavy atom. The molecule has 0 saturated heterocycles. The molecular formula is C11H10O3S. The van der Waals surface area contributed by atoms with Crippen LogP contribution in [0.2, 0.25) is 0 Å². The first kappa shape index (κ1) is 11.6. The first-order valence-electron chi connectivity index (χ1n) is 4.20. The first-order chi connectivity index (χ1) is 7.13. The van der Waals surface area contributed by atoms with Gasteiger partial charge in [-0.1, -0.05) is 18.1 Å². The van der Waals surface area contributed by atoms with Crippen molar-refractivity contribution >= 4 is 17.7 Å². The van der Waals surface area contributed by atoms with E-state index in [1.54, 1.807) is 23.9 Å². The normalized spacial score (nSPS) is 11.3. The van der Waals surface area contributed by atoms with Gasteiger partial charge < -0.3 is 10.2 Å². The first-order valence-corrected chi connectivity index (χ1v) is 5.42. The summed E-state index contributed by atoms with van der Waals surface area (Å²) in [5, 5.41) is 17.8. The van der Waals surface area contributed by atoms with Crippen LogP contribution >= 0.6 is 11.8 Å². The second-order valence-corrected chi connectivity index (χ2v) is 3.63. The van der Waals surface area contributed by atoms with Crippen molar-refractivity contribution in [2.45, 2.75) is 11.0 Å². The number of hydrogen-bond donors (Lipinski definition) is 2. The monoisotopic (exact) mass is 222 g/mol. The lowest BCUT2D eigenvalue weighted by atomic mass is 10.1. The Hall–Kier alpha value is -1.44. The maximum absolute atomic E-state index is 10.1. The summed E-state index contributed by atoms with van der Waals surface area (Å²) in [5.74, 6) is 2.88. The molecule has 0 amide bonds. The molecule has 0 aliphatic heterocycles. The van der Waals surface area contributed by atoms with Gasteiger partial charge in [0.1, 0.15) is 6.10 Å². The lowest BCUT2D eigenvalue weighted by molar-refractivity contribution is -0.130. The lowest BCUT2D eigenvalue weighted by Gasteiger charge is -2.03. The van der Waals surface area contributed by atoms with E-state index in [-0.39, 0.29) is 0 Å². The van der Waals surface area contributed by atoms with Crippen LogP contribution in [0.4, 0.5) is 0 Å². The van der Waals surface area contributed by atoms with Crippen molar-refractivity contribution in [3.05, 3.63) is 29.8 Å². The zero-order valence-corrected chi connectivity index (χ0v) is 8.91. The number of thioether (sulfide) groups is 1. The minimum absolute atomic E-state index is 0.599. The van der Waals surface area contributed by atoms with E-state index in [9.17, 15) is 9.90 Å². The molecule has 1 rings (SSSR count). The Morgan fingerprint density at radius 1 is 1.40 bits per heavy atom. The zero-order valence-electron chi connectivity index (χ0n) is 8.10. The molecule has 0 spiro atoms. The van der Waals surface area contributed by atoms with Gasteiger partial charge in [-0.25, -0.2) is 4.79 Å². The number of benzene rings is 1. The van der Waals surface area contributed by atoms with Gasteiger partial charge in [-0.15, -0.1) is 11.8 Å². The third-order valence-corrected chi connectivity index (χ3v) is 2.49. The van der Waals surface area contributed by atoms with Gasteiger partial charge in [-0.3, -0.25) is 0 Å². The van der Waals surface area contributed by atoms with E-state index >= 15 is 0 Å². The maximum atomic E-state index is 10.1. The second kappa shape index (κ2) is 5.44. The number of carboxylic acid groups (broad SMARTS) is 1. The number of carboxylic acids is 1. The highest BCUT2D eigenvalue weighted by Crippen LogP contribution is 2.18. The van der Waals surface area contributed by atoms with Crippen molar-refractivity contribution < 1.29 is 15.0 Å². The summed E-state index contributed by atoms with van der Waals surface area (Å²) in [4.78, 5) is 11.2. The fourth-order valence-electron chi connectivity index (χ4n) is 1.000. The van der Waals surface area contributed by atoms with Crippen molar-refractivity contribution in [3.63, 3.8) is 0 Å². The fourth-order valence-corrected chi connectivity index (χ4v) is 1.41. The molecule has 0 heterocycles. The molecular weight excluding hydrogens is 212 g/mol. The smallest absolute Gasteiger partial charge is 0.382 e. The third kappa shape index (κ3) is 3.66. The Bertz CT molecular complexity index is 400. The molecule has 0 bridgehead atoms. The molecule has 0 saturated carbocycles. The zero-order chi connectivity index (χ0) is 11.3. The highest BCUT2D eigenvalue weighted by Gasteiger charge is 2.03. The molecule has 0 fully saturated rings. The number of aliphatic hydroxyl groups is 1. The van der Waals surface area contributed by atoms with Crippen molar-refractivity contribution in [3.8, 4) is 11.8 Å². The molecule has 2 N–H and O–H groups in total. The average molecular weight is 222 g/mol. The third-order valence-electron chi connectivity index (χ3n) is 1.75. The number of carbonyl (C=O) groups is 1. The Balaban J connectivity index is 2.79. The minimum Gasteiger partial charge on any atom is -0.472 e. The summed E-state index contributed by atoms with van der Waals surface area (Å²) < 4.78 is 0. The molecule has 1 aromatic rings. The van der Waals surface area contributed by atoms with Crippen molar-refractivity contribution in [1.29, 1.82) is 0 Å². The molecule has 0 aliphatic carbocycles. The molecule has 1 atom stereocenters. The van der Waals surface area contributed by atoms with Crippen LogP contribution in [0.15, 0.2) is 29.2 Å². The minimum atomic E-state index is -1.24. The van der Waals surface area contributed by atoms with Crippen LogP contribution in [0, 0.1) is 11.8 Å². The van der Waals surface area contributed by atoms with E-state index in [0.29, 0.717) is 5.56 Å². The SMILES string of the molecule is CSc1ccc(C(O)C#CC(=O)O)cc1. The van der Waals surface area contributed by atoms with E-state index in [0.717, 1.165) is 4.90 Å². The summed E-state index contributed by atoms with van der Waals surface area (Å²) >= 11 is 1.60. The predicted molar refractivity (Wildman–Crippen MR) is 58.6 cm³/mol.